The Balaban J connectivity index is 3.02. The van der Waals surface area contributed by atoms with Crippen molar-refractivity contribution in [3.63, 3.8) is 0 Å². The Hall–Kier alpha value is -1.26. The Morgan fingerprint density at radius 2 is 2.12 bits per heavy atom. The molecule has 1 aromatic carbocycles. The van der Waals surface area contributed by atoms with Crippen molar-refractivity contribution in [1.29, 1.82) is 0 Å². The summed E-state index contributed by atoms with van der Waals surface area (Å²) >= 11 is 0. The summed E-state index contributed by atoms with van der Waals surface area (Å²) in [6.45, 7) is 7.23. The average Bonchev–Trinajstić information content (AvgIpc) is 2.28. The molecule has 2 nitrogen and oxygen atoms in total. The molecular formula is C13H18F2N2. The third-order valence-corrected chi connectivity index (χ3v) is 2.73. The first-order chi connectivity index (χ1) is 7.97. The van der Waals surface area contributed by atoms with E-state index in [0.717, 1.165) is 5.57 Å². The van der Waals surface area contributed by atoms with Crippen LogP contribution in [0, 0.1) is 18.6 Å². The number of halogens is 2. The maximum absolute atomic E-state index is 13.9. The van der Waals surface area contributed by atoms with Crippen LogP contribution in [-0.2, 0) is 0 Å². The number of benzene rings is 1. The van der Waals surface area contributed by atoms with E-state index in [2.05, 4.69) is 12.0 Å². The molecular weight excluding hydrogens is 222 g/mol. The second kappa shape index (κ2) is 5.89. The van der Waals surface area contributed by atoms with Crippen LogP contribution in [0.15, 0.2) is 24.3 Å². The normalized spacial score (nSPS) is 12.5. The fourth-order valence-corrected chi connectivity index (χ4v) is 1.70. The van der Waals surface area contributed by atoms with Gasteiger partial charge in [-0.25, -0.2) is 8.78 Å². The Morgan fingerprint density at radius 3 is 2.65 bits per heavy atom. The van der Waals surface area contributed by atoms with Gasteiger partial charge in [0.1, 0.15) is 11.6 Å². The quantitative estimate of drug-likeness (QED) is 0.471. The van der Waals surface area contributed by atoms with Crippen molar-refractivity contribution in [3.05, 3.63) is 47.0 Å². The molecule has 0 spiro atoms. The van der Waals surface area contributed by atoms with E-state index in [9.17, 15) is 8.78 Å². The molecule has 0 saturated carbocycles. The first-order valence-corrected chi connectivity index (χ1v) is 5.52. The van der Waals surface area contributed by atoms with Gasteiger partial charge in [-0.2, -0.15) is 0 Å². The minimum atomic E-state index is -0.572. The van der Waals surface area contributed by atoms with Gasteiger partial charge in [0.25, 0.3) is 0 Å². The summed E-state index contributed by atoms with van der Waals surface area (Å²) in [5.41, 5.74) is 3.84. The second-order valence-electron chi connectivity index (χ2n) is 4.31. The highest BCUT2D eigenvalue weighted by molar-refractivity contribution is 5.29. The Bertz CT molecular complexity index is 416. The first kappa shape index (κ1) is 13.8. The van der Waals surface area contributed by atoms with Crippen molar-refractivity contribution in [3.8, 4) is 0 Å². The van der Waals surface area contributed by atoms with Crippen LogP contribution in [0.25, 0.3) is 0 Å². The number of aryl methyl sites for hydroxylation is 1. The van der Waals surface area contributed by atoms with Crippen LogP contribution in [-0.4, -0.2) is 0 Å². The molecule has 0 aliphatic carbocycles. The van der Waals surface area contributed by atoms with E-state index in [0.29, 0.717) is 18.4 Å². The third kappa shape index (κ3) is 3.35. The van der Waals surface area contributed by atoms with Gasteiger partial charge in [-0.1, -0.05) is 11.6 Å². The minimum Gasteiger partial charge on any atom is -0.271 e. The van der Waals surface area contributed by atoms with Gasteiger partial charge in [-0.15, -0.1) is 6.58 Å². The van der Waals surface area contributed by atoms with Gasteiger partial charge in [-0.3, -0.25) is 11.3 Å². The number of hydrogen-bond acceptors (Lipinski definition) is 2. The van der Waals surface area contributed by atoms with Crippen molar-refractivity contribution in [2.45, 2.75) is 32.7 Å². The molecule has 1 unspecified atom stereocenters. The zero-order valence-corrected chi connectivity index (χ0v) is 10.2. The molecule has 0 saturated heterocycles. The lowest BCUT2D eigenvalue weighted by Crippen LogP contribution is -2.29. The van der Waals surface area contributed by atoms with Gasteiger partial charge >= 0.3 is 0 Å². The van der Waals surface area contributed by atoms with Crippen LogP contribution in [0.3, 0.4) is 0 Å². The molecule has 0 aliphatic heterocycles. The molecule has 0 bridgehead atoms. The zero-order valence-electron chi connectivity index (χ0n) is 10.2. The SMILES string of the molecule is C=C(C)CCC(NN)c1c(F)ccc(C)c1F. The second-order valence-corrected chi connectivity index (χ2v) is 4.31. The number of hydrogen-bond donors (Lipinski definition) is 2. The fraction of sp³-hybridized carbons (Fsp3) is 0.385. The summed E-state index contributed by atoms with van der Waals surface area (Å²) in [5, 5.41) is 0. The van der Waals surface area contributed by atoms with Crippen LogP contribution in [0.2, 0.25) is 0 Å². The van der Waals surface area contributed by atoms with Crippen molar-refractivity contribution in [2.24, 2.45) is 5.84 Å². The van der Waals surface area contributed by atoms with Gasteiger partial charge in [0.05, 0.1) is 6.04 Å². The highest BCUT2D eigenvalue weighted by atomic mass is 19.1. The smallest absolute Gasteiger partial charge is 0.133 e. The van der Waals surface area contributed by atoms with Gasteiger partial charge in [0, 0.05) is 5.56 Å². The maximum Gasteiger partial charge on any atom is 0.133 e. The number of nitrogens with two attached hydrogens (primary N) is 1. The standard InChI is InChI=1S/C13H18F2N2/c1-8(2)4-7-11(17-16)12-10(14)6-5-9(3)13(12)15/h5-6,11,17H,1,4,7,16H2,2-3H3. The molecule has 3 N–H and O–H groups in total. The summed E-state index contributed by atoms with van der Waals surface area (Å²) < 4.78 is 27.5. The van der Waals surface area contributed by atoms with Gasteiger partial charge in [-0.05, 0) is 38.3 Å². The molecule has 0 fully saturated rings. The zero-order chi connectivity index (χ0) is 13.0. The first-order valence-electron chi connectivity index (χ1n) is 5.52. The molecule has 4 heteroatoms. The molecule has 0 radical (unpaired) electrons. The topological polar surface area (TPSA) is 38.0 Å². The molecule has 0 aromatic heterocycles. The van der Waals surface area contributed by atoms with E-state index in [1.165, 1.54) is 12.1 Å². The minimum absolute atomic E-state index is 0.00810. The fourth-order valence-electron chi connectivity index (χ4n) is 1.70. The van der Waals surface area contributed by atoms with E-state index in [4.69, 9.17) is 5.84 Å². The number of nitrogens with one attached hydrogen (secondary N) is 1. The van der Waals surface area contributed by atoms with Crippen LogP contribution in [0.1, 0.15) is 36.9 Å². The van der Waals surface area contributed by atoms with Crippen molar-refractivity contribution < 1.29 is 8.78 Å². The predicted octanol–water partition coefficient (Wildman–Crippen LogP) is 3.13. The summed E-state index contributed by atoms with van der Waals surface area (Å²) in [6.07, 6.45) is 1.19. The van der Waals surface area contributed by atoms with Crippen molar-refractivity contribution >= 4 is 0 Å². The monoisotopic (exact) mass is 240 g/mol. The van der Waals surface area contributed by atoms with Gasteiger partial charge in [0.2, 0.25) is 0 Å². The van der Waals surface area contributed by atoms with Crippen LogP contribution >= 0.6 is 0 Å². The molecule has 0 aliphatic rings. The highest BCUT2D eigenvalue weighted by Gasteiger charge is 2.20. The van der Waals surface area contributed by atoms with E-state index < -0.39 is 17.7 Å². The summed E-state index contributed by atoms with van der Waals surface area (Å²) in [6, 6.07) is 2.14. The molecule has 94 valence electrons. The molecule has 1 atom stereocenters. The number of allylic oxidation sites excluding steroid dienone is 1. The summed E-state index contributed by atoms with van der Waals surface area (Å²) in [5.74, 6) is 4.26. The van der Waals surface area contributed by atoms with Gasteiger partial charge in [0.15, 0.2) is 0 Å². The van der Waals surface area contributed by atoms with E-state index in [1.54, 1.807) is 6.92 Å². The highest BCUT2D eigenvalue weighted by Crippen LogP contribution is 2.26. The van der Waals surface area contributed by atoms with Crippen molar-refractivity contribution in [2.75, 3.05) is 0 Å². The molecule has 0 amide bonds. The average molecular weight is 240 g/mol. The molecule has 1 aromatic rings. The van der Waals surface area contributed by atoms with E-state index >= 15 is 0 Å². The molecule has 0 heterocycles. The molecule has 17 heavy (non-hydrogen) atoms. The molecule has 1 rings (SSSR count). The summed E-state index contributed by atoms with van der Waals surface area (Å²) in [4.78, 5) is 0. The van der Waals surface area contributed by atoms with Gasteiger partial charge < -0.3 is 0 Å². The lowest BCUT2D eigenvalue weighted by Gasteiger charge is -2.18. The number of rotatable bonds is 5. The van der Waals surface area contributed by atoms with Crippen LogP contribution in [0.4, 0.5) is 8.78 Å². The van der Waals surface area contributed by atoms with Crippen LogP contribution in [0.5, 0.6) is 0 Å². The number of hydrazine groups is 1. The lowest BCUT2D eigenvalue weighted by atomic mass is 9.97. The predicted molar refractivity (Wildman–Crippen MR) is 65.2 cm³/mol. The van der Waals surface area contributed by atoms with Crippen LogP contribution < -0.4 is 11.3 Å². The van der Waals surface area contributed by atoms with Crippen molar-refractivity contribution in [1.82, 2.24) is 5.43 Å². The van der Waals surface area contributed by atoms with E-state index in [-0.39, 0.29) is 5.56 Å². The lowest BCUT2D eigenvalue weighted by molar-refractivity contribution is 0.452. The largest absolute Gasteiger partial charge is 0.271 e. The summed E-state index contributed by atoms with van der Waals surface area (Å²) in [7, 11) is 0. The Labute approximate surface area is 100 Å². The van der Waals surface area contributed by atoms with E-state index in [1.807, 2.05) is 6.92 Å². The maximum atomic E-state index is 13.9. The third-order valence-electron chi connectivity index (χ3n) is 2.73. The Morgan fingerprint density at radius 1 is 1.47 bits per heavy atom. The Kier molecular flexibility index (Phi) is 4.78.